The van der Waals surface area contributed by atoms with E-state index in [4.69, 9.17) is 0 Å². The maximum absolute atomic E-state index is 11.2. The van der Waals surface area contributed by atoms with Crippen molar-refractivity contribution < 1.29 is 14.3 Å². The maximum Gasteiger partial charge on any atom is 0.208 e. The Kier molecular flexibility index (Phi) is 3.98. The summed E-state index contributed by atoms with van der Waals surface area (Å²) in [7, 11) is -3.15. The summed E-state index contributed by atoms with van der Waals surface area (Å²) in [5.41, 5.74) is 0. The van der Waals surface area contributed by atoms with Crippen molar-refractivity contribution in [1.29, 1.82) is 0 Å². The van der Waals surface area contributed by atoms with Crippen LogP contribution < -0.4 is 0 Å². The van der Waals surface area contributed by atoms with E-state index >= 15 is 0 Å². The molecule has 1 N–H and O–H groups in total. The lowest BCUT2D eigenvalue weighted by molar-refractivity contribution is -0.114. The first-order valence-electron chi connectivity index (χ1n) is 3.64. The Labute approximate surface area is 67.3 Å². The van der Waals surface area contributed by atoms with E-state index in [-0.39, 0.29) is 24.0 Å². The molecular formula is C7H15O3P. The van der Waals surface area contributed by atoms with Gasteiger partial charge in [-0.1, -0.05) is 13.8 Å². The molecule has 0 heterocycles. The van der Waals surface area contributed by atoms with Crippen LogP contribution in [0.15, 0.2) is 0 Å². The van der Waals surface area contributed by atoms with E-state index in [9.17, 15) is 14.3 Å². The molecule has 3 nitrogen and oxygen atoms in total. The molecule has 0 aromatic heterocycles. The summed E-state index contributed by atoms with van der Waals surface area (Å²) < 4.78 is 11.2. The normalized spacial score (nSPS) is 16.5. The summed E-state index contributed by atoms with van der Waals surface area (Å²) in [6.07, 6.45) is 0.0672. The minimum atomic E-state index is -3.15. The predicted molar refractivity (Wildman–Crippen MR) is 45.1 cm³/mol. The van der Waals surface area contributed by atoms with Gasteiger partial charge in [-0.3, -0.25) is 9.36 Å². The number of hydrogen-bond donors (Lipinski definition) is 1. The summed E-state index contributed by atoms with van der Waals surface area (Å²) in [6, 6.07) is 0. The molecule has 0 saturated heterocycles. The fraction of sp³-hybridized carbons (Fsp3) is 0.857. The zero-order chi connectivity index (χ0) is 9.07. The molecule has 0 spiro atoms. The summed E-state index contributed by atoms with van der Waals surface area (Å²) in [5.74, 6) is -0.0401. The van der Waals surface area contributed by atoms with Crippen molar-refractivity contribution in [2.24, 2.45) is 5.92 Å². The van der Waals surface area contributed by atoms with Crippen molar-refractivity contribution in [1.82, 2.24) is 0 Å². The highest BCUT2D eigenvalue weighted by molar-refractivity contribution is 7.58. The average molecular weight is 178 g/mol. The zero-order valence-corrected chi connectivity index (χ0v) is 8.10. The predicted octanol–water partition coefficient (Wildman–Crippen LogP) is 1.50. The monoisotopic (exact) mass is 178 g/mol. The van der Waals surface area contributed by atoms with Crippen LogP contribution in [-0.4, -0.2) is 23.0 Å². The zero-order valence-electron chi connectivity index (χ0n) is 7.20. The third-order valence-corrected chi connectivity index (χ3v) is 3.36. The van der Waals surface area contributed by atoms with E-state index in [0.29, 0.717) is 0 Å². The van der Waals surface area contributed by atoms with Gasteiger partial charge in [0.25, 0.3) is 0 Å². The van der Waals surface area contributed by atoms with Crippen LogP contribution in [0.3, 0.4) is 0 Å². The first kappa shape index (κ1) is 10.9. The minimum absolute atomic E-state index is 0.171. The average Bonchev–Trinajstić information content (AvgIpc) is 1.53. The van der Waals surface area contributed by atoms with Gasteiger partial charge in [-0.2, -0.15) is 0 Å². The van der Waals surface area contributed by atoms with Crippen LogP contribution in [-0.2, 0) is 9.36 Å². The molecule has 4 heteroatoms. The molecule has 0 aliphatic rings. The van der Waals surface area contributed by atoms with Crippen LogP contribution in [0.5, 0.6) is 0 Å². The van der Waals surface area contributed by atoms with Crippen molar-refractivity contribution >= 4 is 13.2 Å². The molecular weight excluding hydrogens is 163 g/mol. The smallest absolute Gasteiger partial charge is 0.208 e. The molecule has 0 rings (SSSR count). The summed E-state index contributed by atoms with van der Waals surface area (Å²) >= 11 is 0. The van der Waals surface area contributed by atoms with Crippen LogP contribution in [0.25, 0.3) is 0 Å². The lowest BCUT2D eigenvalue weighted by Gasteiger charge is -2.11. The molecule has 0 amide bonds. The molecule has 1 unspecified atom stereocenters. The second kappa shape index (κ2) is 4.03. The second-order valence-electron chi connectivity index (χ2n) is 3.28. The largest absolute Gasteiger partial charge is 0.344 e. The Hall–Kier alpha value is -0.140. The van der Waals surface area contributed by atoms with Crippen molar-refractivity contribution in [3.63, 3.8) is 0 Å². The second-order valence-corrected chi connectivity index (χ2v) is 5.66. The summed E-state index contributed by atoms with van der Waals surface area (Å²) in [5, 5.41) is 0. The number of Topliss-reactive ketones (excluding diaryl/α,β-unsaturated/α-hetero) is 1. The highest BCUT2D eigenvalue weighted by Gasteiger charge is 2.21. The molecule has 0 aromatic rings. The molecule has 0 fully saturated rings. The molecule has 66 valence electrons. The molecule has 1 atom stereocenters. The van der Waals surface area contributed by atoms with Crippen molar-refractivity contribution in [3.05, 3.63) is 0 Å². The van der Waals surface area contributed by atoms with Gasteiger partial charge in [0.05, 0.1) is 6.16 Å². The van der Waals surface area contributed by atoms with Gasteiger partial charge in [-0.25, -0.2) is 0 Å². The van der Waals surface area contributed by atoms with Gasteiger partial charge in [-0.05, 0) is 12.8 Å². The van der Waals surface area contributed by atoms with Gasteiger partial charge in [0.1, 0.15) is 5.78 Å². The topological polar surface area (TPSA) is 54.4 Å². The number of ketones is 1. The van der Waals surface area contributed by atoms with Crippen molar-refractivity contribution in [2.75, 3.05) is 12.3 Å². The number of rotatable bonds is 4. The Bertz CT molecular complexity index is 186. The molecule has 0 aliphatic heterocycles. The van der Waals surface area contributed by atoms with Crippen LogP contribution in [0.4, 0.5) is 0 Å². The highest BCUT2D eigenvalue weighted by Crippen LogP contribution is 2.41. The molecule has 0 aliphatic carbocycles. The molecule has 0 aromatic carbocycles. The third-order valence-electron chi connectivity index (χ3n) is 1.12. The Balaban J connectivity index is 4.01. The van der Waals surface area contributed by atoms with Crippen LogP contribution in [0.1, 0.15) is 20.8 Å². The lowest BCUT2D eigenvalue weighted by Crippen LogP contribution is -2.06. The number of hydrogen-bond acceptors (Lipinski definition) is 2. The van der Waals surface area contributed by atoms with E-state index in [1.807, 2.05) is 13.8 Å². The van der Waals surface area contributed by atoms with Crippen LogP contribution in [0, 0.1) is 5.92 Å². The molecule has 0 saturated carbocycles. The quantitative estimate of drug-likeness (QED) is 0.663. The van der Waals surface area contributed by atoms with E-state index in [2.05, 4.69) is 0 Å². The van der Waals surface area contributed by atoms with Gasteiger partial charge in [0.15, 0.2) is 0 Å². The minimum Gasteiger partial charge on any atom is -0.344 e. The Morgan fingerprint density at radius 3 is 2.27 bits per heavy atom. The highest BCUT2D eigenvalue weighted by atomic mass is 31.2. The van der Waals surface area contributed by atoms with Crippen LogP contribution >= 0.6 is 7.37 Å². The summed E-state index contributed by atoms with van der Waals surface area (Å²) in [6.45, 7) is 5.06. The van der Waals surface area contributed by atoms with E-state index in [1.54, 1.807) is 0 Å². The first-order chi connectivity index (χ1) is 4.83. The molecule has 0 bridgehead atoms. The Morgan fingerprint density at radius 1 is 1.55 bits per heavy atom. The summed E-state index contributed by atoms with van der Waals surface area (Å²) in [4.78, 5) is 19.7. The Morgan fingerprint density at radius 2 is 2.00 bits per heavy atom. The van der Waals surface area contributed by atoms with E-state index < -0.39 is 7.37 Å². The lowest BCUT2D eigenvalue weighted by atomic mass is 10.3. The van der Waals surface area contributed by atoms with Gasteiger partial charge < -0.3 is 4.89 Å². The van der Waals surface area contributed by atoms with Gasteiger partial charge in [0, 0.05) is 6.16 Å². The van der Waals surface area contributed by atoms with Crippen molar-refractivity contribution in [3.8, 4) is 0 Å². The van der Waals surface area contributed by atoms with E-state index in [0.717, 1.165) is 0 Å². The first-order valence-corrected chi connectivity index (χ1v) is 5.67. The SMILES string of the molecule is CC(=O)CP(=O)(O)CC(C)C. The number of carbonyl (C=O) groups excluding carboxylic acids is 1. The van der Waals surface area contributed by atoms with Crippen LogP contribution in [0.2, 0.25) is 0 Å². The molecule has 11 heavy (non-hydrogen) atoms. The van der Waals surface area contributed by atoms with Crippen molar-refractivity contribution in [2.45, 2.75) is 20.8 Å². The fourth-order valence-electron chi connectivity index (χ4n) is 0.983. The maximum atomic E-state index is 11.2. The fourth-order valence-corrected chi connectivity index (χ4v) is 2.95. The van der Waals surface area contributed by atoms with E-state index in [1.165, 1.54) is 6.92 Å². The standard InChI is InChI=1S/C7H15O3P/c1-6(2)4-11(9,10)5-7(3)8/h6H,4-5H2,1-3H3,(H,9,10). The van der Waals surface area contributed by atoms with Gasteiger partial charge in [-0.15, -0.1) is 0 Å². The van der Waals surface area contributed by atoms with Gasteiger partial charge in [0.2, 0.25) is 7.37 Å². The van der Waals surface area contributed by atoms with Gasteiger partial charge >= 0.3 is 0 Å². The third kappa shape index (κ3) is 6.27. The number of carbonyl (C=O) groups is 1. The molecule has 0 radical (unpaired) electrons.